The van der Waals surface area contributed by atoms with Gasteiger partial charge < -0.3 is 20.1 Å². The average molecular weight is 365 g/mol. The predicted molar refractivity (Wildman–Crippen MR) is 89.2 cm³/mol. The molecule has 0 bridgehead atoms. The van der Waals surface area contributed by atoms with Crippen LogP contribution in [0.1, 0.15) is 36.5 Å². The molecule has 2 rings (SSSR count). The molecule has 1 aliphatic rings. The number of amides is 1. The van der Waals surface area contributed by atoms with Crippen molar-refractivity contribution in [2.45, 2.75) is 44.9 Å². The van der Waals surface area contributed by atoms with Gasteiger partial charge in [0.05, 0.1) is 7.11 Å². The van der Waals surface area contributed by atoms with Gasteiger partial charge >= 0.3 is 6.61 Å². The van der Waals surface area contributed by atoms with Gasteiger partial charge in [0.2, 0.25) is 0 Å². The first-order chi connectivity index (χ1) is 10.9. The number of rotatable bonds is 5. The van der Waals surface area contributed by atoms with E-state index < -0.39 is 6.61 Å². The normalized spacial score (nSPS) is 18.8. The highest BCUT2D eigenvalue weighted by atomic mass is 35.5. The van der Waals surface area contributed by atoms with Gasteiger partial charge in [0.25, 0.3) is 5.91 Å². The minimum absolute atomic E-state index is 0. The summed E-state index contributed by atoms with van der Waals surface area (Å²) in [5.74, 6) is -0.222. The number of hydrogen-bond donors (Lipinski definition) is 1. The number of likely N-dealkylation sites (tertiary alicyclic amines) is 1. The quantitative estimate of drug-likeness (QED) is 0.872. The molecule has 8 heteroatoms. The van der Waals surface area contributed by atoms with E-state index in [0.29, 0.717) is 6.54 Å². The molecule has 24 heavy (non-hydrogen) atoms. The third-order valence-corrected chi connectivity index (χ3v) is 4.04. The first kappa shape index (κ1) is 20.4. The Hall–Kier alpha value is -1.60. The lowest BCUT2D eigenvalue weighted by molar-refractivity contribution is -0.0512. The zero-order valence-electron chi connectivity index (χ0n) is 13.7. The van der Waals surface area contributed by atoms with Crippen molar-refractivity contribution in [2.24, 2.45) is 5.73 Å². The van der Waals surface area contributed by atoms with E-state index in [1.165, 1.54) is 19.2 Å². The number of carbonyl (C=O) groups is 1. The monoisotopic (exact) mass is 364 g/mol. The number of carbonyl (C=O) groups excluding carboxylic acids is 1. The summed E-state index contributed by atoms with van der Waals surface area (Å²) in [6.45, 7) is -0.501. The van der Waals surface area contributed by atoms with Crippen LogP contribution < -0.4 is 15.2 Å². The first-order valence-electron chi connectivity index (χ1n) is 7.63. The van der Waals surface area contributed by atoms with E-state index in [2.05, 4.69) is 4.74 Å². The molecule has 1 aliphatic heterocycles. The number of methoxy groups -OCH3 is 1. The highest BCUT2D eigenvalue weighted by molar-refractivity contribution is 5.95. The number of nitrogens with zero attached hydrogens (tertiary/aromatic N) is 1. The van der Waals surface area contributed by atoms with Gasteiger partial charge in [0.1, 0.15) is 0 Å². The van der Waals surface area contributed by atoms with Crippen LogP contribution in [0.5, 0.6) is 11.5 Å². The van der Waals surface area contributed by atoms with Crippen LogP contribution in [0.25, 0.3) is 0 Å². The first-order valence-corrected chi connectivity index (χ1v) is 7.63. The average Bonchev–Trinajstić information content (AvgIpc) is 2.53. The fourth-order valence-corrected chi connectivity index (χ4v) is 2.92. The molecule has 1 amide bonds. The molecule has 0 aliphatic carbocycles. The fourth-order valence-electron chi connectivity index (χ4n) is 2.92. The van der Waals surface area contributed by atoms with Crippen LogP contribution in [-0.4, -0.2) is 43.2 Å². The second-order valence-electron chi connectivity index (χ2n) is 5.66. The van der Waals surface area contributed by atoms with E-state index in [1.54, 1.807) is 11.0 Å². The second kappa shape index (κ2) is 9.03. The van der Waals surface area contributed by atoms with E-state index in [-0.39, 0.29) is 47.5 Å². The summed E-state index contributed by atoms with van der Waals surface area (Å²) >= 11 is 0. The largest absolute Gasteiger partial charge is 0.493 e. The van der Waals surface area contributed by atoms with Crippen molar-refractivity contribution < 1.29 is 23.0 Å². The summed E-state index contributed by atoms with van der Waals surface area (Å²) < 4.78 is 34.4. The second-order valence-corrected chi connectivity index (χ2v) is 5.66. The van der Waals surface area contributed by atoms with Crippen molar-refractivity contribution in [1.29, 1.82) is 0 Å². The Kier molecular flexibility index (Phi) is 7.69. The van der Waals surface area contributed by atoms with E-state index in [1.807, 2.05) is 6.92 Å². The Morgan fingerprint density at radius 3 is 2.62 bits per heavy atom. The van der Waals surface area contributed by atoms with Gasteiger partial charge in [-0.2, -0.15) is 8.78 Å². The van der Waals surface area contributed by atoms with Crippen molar-refractivity contribution in [3.05, 3.63) is 23.8 Å². The molecule has 2 unspecified atom stereocenters. The lowest BCUT2D eigenvalue weighted by atomic mass is 9.96. The van der Waals surface area contributed by atoms with E-state index in [4.69, 9.17) is 10.5 Å². The van der Waals surface area contributed by atoms with Gasteiger partial charge in [-0.05, 0) is 44.4 Å². The van der Waals surface area contributed by atoms with Gasteiger partial charge in [0, 0.05) is 24.2 Å². The number of hydrogen-bond acceptors (Lipinski definition) is 4. The Morgan fingerprint density at radius 1 is 1.33 bits per heavy atom. The molecule has 1 fully saturated rings. The number of benzene rings is 1. The lowest BCUT2D eigenvalue weighted by Crippen LogP contribution is -2.51. The molecule has 0 aromatic heterocycles. The van der Waals surface area contributed by atoms with E-state index in [9.17, 15) is 13.6 Å². The topological polar surface area (TPSA) is 64.8 Å². The summed E-state index contributed by atoms with van der Waals surface area (Å²) in [6.07, 6.45) is 2.78. The van der Waals surface area contributed by atoms with Crippen LogP contribution in [-0.2, 0) is 0 Å². The molecule has 0 saturated carbocycles. The summed E-state index contributed by atoms with van der Waals surface area (Å²) in [5, 5.41) is 0. The molecule has 0 spiro atoms. The van der Waals surface area contributed by atoms with Gasteiger partial charge in [-0.1, -0.05) is 0 Å². The van der Waals surface area contributed by atoms with E-state index >= 15 is 0 Å². The highest BCUT2D eigenvalue weighted by Gasteiger charge is 2.30. The van der Waals surface area contributed by atoms with Crippen molar-refractivity contribution in [1.82, 2.24) is 4.90 Å². The smallest absolute Gasteiger partial charge is 0.387 e. The van der Waals surface area contributed by atoms with Crippen LogP contribution >= 0.6 is 12.4 Å². The molecular formula is C16H23ClF2N2O3. The molecule has 1 aromatic rings. The molecule has 1 heterocycles. The number of alkyl halides is 2. The zero-order valence-corrected chi connectivity index (χ0v) is 14.5. The molecule has 2 atom stereocenters. The minimum atomic E-state index is -2.99. The Balaban J connectivity index is 0.00000288. The maximum absolute atomic E-state index is 12.7. The SMILES string of the molecule is COc1ccc(C(=O)N2CCCCC2C(C)N)cc1OC(F)F.Cl. The molecule has 136 valence electrons. The maximum atomic E-state index is 12.7. The summed E-state index contributed by atoms with van der Waals surface area (Å²) in [7, 11) is 1.35. The molecule has 1 saturated heterocycles. The Morgan fingerprint density at radius 2 is 2.04 bits per heavy atom. The van der Waals surface area contributed by atoms with Gasteiger partial charge in [0.15, 0.2) is 11.5 Å². The van der Waals surface area contributed by atoms with Crippen molar-refractivity contribution in [3.63, 3.8) is 0 Å². The summed E-state index contributed by atoms with van der Waals surface area (Å²) in [5.41, 5.74) is 6.26. The van der Waals surface area contributed by atoms with Crippen LogP contribution in [0.3, 0.4) is 0 Å². The molecule has 0 radical (unpaired) electrons. The summed E-state index contributed by atoms with van der Waals surface area (Å²) in [6, 6.07) is 4.11. The molecule has 2 N–H and O–H groups in total. The van der Waals surface area contributed by atoms with Crippen molar-refractivity contribution >= 4 is 18.3 Å². The van der Waals surface area contributed by atoms with E-state index in [0.717, 1.165) is 19.3 Å². The Labute approximate surface area is 146 Å². The zero-order chi connectivity index (χ0) is 17.0. The minimum Gasteiger partial charge on any atom is -0.493 e. The van der Waals surface area contributed by atoms with Gasteiger partial charge in [-0.25, -0.2) is 0 Å². The number of ether oxygens (including phenoxy) is 2. The lowest BCUT2D eigenvalue weighted by Gasteiger charge is -2.38. The van der Waals surface area contributed by atoms with Crippen LogP contribution in [0.15, 0.2) is 18.2 Å². The predicted octanol–water partition coefficient (Wildman–Crippen LogP) is 3.06. The van der Waals surface area contributed by atoms with Crippen molar-refractivity contribution in [3.8, 4) is 11.5 Å². The van der Waals surface area contributed by atoms with Crippen LogP contribution in [0, 0.1) is 0 Å². The highest BCUT2D eigenvalue weighted by Crippen LogP contribution is 2.31. The van der Waals surface area contributed by atoms with Gasteiger partial charge in [-0.3, -0.25) is 4.79 Å². The summed E-state index contributed by atoms with van der Waals surface area (Å²) in [4.78, 5) is 14.5. The fraction of sp³-hybridized carbons (Fsp3) is 0.562. The number of halogens is 3. The van der Waals surface area contributed by atoms with Crippen molar-refractivity contribution in [2.75, 3.05) is 13.7 Å². The third-order valence-electron chi connectivity index (χ3n) is 4.04. The van der Waals surface area contributed by atoms with Crippen LogP contribution in [0.2, 0.25) is 0 Å². The third kappa shape index (κ3) is 4.70. The molecule has 1 aromatic carbocycles. The maximum Gasteiger partial charge on any atom is 0.387 e. The number of piperidine rings is 1. The molecular weight excluding hydrogens is 342 g/mol. The standard InChI is InChI=1S/C16H22F2N2O3.ClH/c1-10(19)12-5-3-4-8-20(12)15(21)11-6-7-13(22-2)14(9-11)23-16(17)18;/h6-7,9-10,12,16H,3-5,8,19H2,1-2H3;1H. The van der Waals surface area contributed by atoms with Crippen LogP contribution in [0.4, 0.5) is 8.78 Å². The van der Waals surface area contributed by atoms with Gasteiger partial charge in [-0.15, -0.1) is 12.4 Å². The Bertz CT molecular complexity index is 558. The molecule has 5 nitrogen and oxygen atoms in total. The number of nitrogens with two attached hydrogens (primary N) is 1.